The summed E-state index contributed by atoms with van der Waals surface area (Å²) < 4.78 is 9.46. The summed E-state index contributed by atoms with van der Waals surface area (Å²) in [5, 5.41) is 4.86. The van der Waals surface area contributed by atoms with Gasteiger partial charge in [-0.2, -0.15) is 0 Å². The van der Waals surface area contributed by atoms with E-state index >= 15 is 0 Å². The van der Waals surface area contributed by atoms with Crippen molar-refractivity contribution in [1.29, 1.82) is 0 Å². The Morgan fingerprint density at radius 1 is 0.411 bits per heavy atom. The van der Waals surface area contributed by atoms with Gasteiger partial charge in [0.05, 0.1) is 0 Å². The molecule has 0 radical (unpaired) electrons. The molecule has 10 aromatic rings. The van der Waals surface area contributed by atoms with Crippen LogP contribution in [0.2, 0.25) is 0 Å². The maximum atomic E-state index is 6.87. The number of benzene rings is 8. The lowest BCUT2D eigenvalue weighted by Crippen LogP contribution is -2.22. The van der Waals surface area contributed by atoms with Crippen LogP contribution in [-0.2, 0) is 10.8 Å². The van der Waals surface area contributed by atoms with Crippen LogP contribution in [-0.4, -0.2) is 0 Å². The van der Waals surface area contributed by atoms with Crippen LogP contribution in [0, 0.1) is 0 Å². The Labute approximate surface area is 329 Å². The minimum Gasteiger partial charge on any atom is -0.456 e. The summed E-state index contributed by atoms with van der Waals surface area (Å²) in [5.41, 5.74) is 16.6. The highest BCUT2D eigenvalue weighted by Gasteiger charge is 2.41. The van der Waals surface area contributed by atoms with Gasteiger partial charge in [0.2, 0.25) is 0 Å². The van der Waals surface area contributed by atoms with Crippen molar-refractivity contribution in [2.45, 2.75) is 31.6 Å². The van der Waals surface area contributed by atoms with Crippen LogP contribution in [0.25, 0.3) is 64.4 Å². The van der Waals surface area contributed by atoms with Gasteiger partial charge in [-0.05, 0) is 106 Å². The van der Waals surface area contributed by atoms with Crippen molar-refractivity contribution in [3.8, 4) is 22.3 Å². The molecule has 266 valence electrons. The average Bonchev–Trinajstić information content (AvgIpc) is 3.93. The number of anilines is 3. The molecule has 2 aliphatic carbocycles. The van der Waals surface area contributed by atoms with E-state index in [1.807, 2.05) is 11.3 Å². The van der Waals surface area contributed by atoms with E-state index < -0.39 is 0 Å². The Kier molecular flexibility index (Phi) is 6.44. The summed E-state index contributed by atoms with van der Waals surface area (Å²) >= 11 is 1.86. The van der Waals surface area contributed by atoms with Crippen LogP contribution in [0.5, 0.6) is 0 Å². The third kappa shape index (κ3) is 4.26. The molecule has 3 heteroatoms. The van der Waals surface area contributed by atoms with Crippen molar-refractivity contribution < 1.29 is 4.42 Å². The fourth-order valence-electron chi connectivity index (χ4n) is 10.1. The highest BCUT2D eigenvalue weighted by Crippen LogP contribution is 2.54. The van der Waals surface area contributed by atoms with E-state index in [1.54, 1.807) is 0 Å². The van der Waals surface area contributed by atoms with Gasteiger partial charge in [-0.15, -0.1) is 11.3 Å². The molecule has 0 aliphatic heterocycles. The second-order valence-corrected chi connectivity index (χ2v) is 17.3. The minimum absolute atomic E-state index is 0.111. The molecule has 0 amide bonds. The van der Waals surface area contributed by atoms with Crippen LogP contribution < -0.4 is 4.90 Å². The fourth-order valence-corrected chi connectivity index (χ4v) is 11.3. The summed E-state index contributed by atoms with van der Waals surface area (Å²) in [7, 11) is 0. The molecule has 0 N–H and O–H groups in total. The summed E-state index contributed by atoms with van der Waals surface area (Å²) in [6.07, 6.45) is 0. The van der Waals surface area contributed by atoms with E-state index in [1.165, 1.54) is 70.2 Å². The van der Waals surface area contributed by atoms with Gasteiger partial charge in [0.25, 0.3) is 0 Å². The van der Waals surface area contributed by atoms with E-state index in [0.29, 0.717) is 0 Å². The number of hydrogen-bond acceptors (Lipinski definition) is 3. The van der Waals surface area contributed by atoms with Crippen LogP contribution in [0.3, 0.4) is 0 Å². The summed E-state index contributed by atoms with van der Waals surface area (Å²) in [6, 6.07) is 62.9. The molecule has 0 fully saturated rings. The molecule has 2 nitrogen and oxygen atoms in total. The SMILES string of the molecule is CC1(C)c2ccccc2-c2ccc(N(c3ccc4c(c3)oc3cc(C5(C)c6ccccc6-c6ccccc65)ccc34)c3ccc4c(c3)sc3ccccc34)cc21. The van der Waals surface area contributed by atoms with Gasteiger partial charge in [0.15, 0.2) is 0 Å². The zero-order valence-electron chi connectivity index (χ0n) is 31.4. The summed E-state index contributed by atoms with van der Waals surface area (Å²) in [6.45, 7) is 7.07. The molecule has 0 spiro atoms. The van der Waals surface area contributed by atoms with Crippen LogP contribution in [0.4, 0.5) is 17.1 Å². The first-order valence-corrected chi connectivity index (χ1v) is 20.3. The molecular formula is C53H37NOS. The van der Waals surface area contributed by atoms with E-state index in [-0.39, 0.29) is 10.8 Å². The predicted molar refractivity (Wildman–Crippen MR) is 236 cm³/mol. The van der Waals surface area contributed by atoms with Gasteiger partial charge in [-0.3, -0.25) is 0 Å². The first-order valence-electron chi connectivity index (χ1n) is 19.5. The van der Waals surface area contributed by atoms with Gasteiger partial charge in [-0.1, -0.05) is 129 Å². The highest BCUT2D eigenvalue weighted by molar-refractivity contribution is 7.25. The second kappa shape index (κ2) is 11.3. The lowest BCUT2D eigenvalue weighted by molar-refractivity contribution is 0.660. The smallest absolute Gasteiger partial charge is 0.137 e. The maximum absolute atomic E-state index is 6.87. The molecule has 2 aliphatic rings. The Hall–Kier alpha value is -6.42. The monoisotopic (exact) mass is 735 g/mol. The van der Waals surface area contributed by atoms with E-state index in [2.05, 4.69) is 196 Å². The second-order valence-electron chi connectivity index (χ2n) is 16.2. The predicted octanol–water partition coefficient (Wildman–Crippen LogP) is 15.1. The van der Waals surface area contributed by atoms with Gasteiger partial charge in [0.1, 0.15) is 11.2 Å². The van der Waals surface area contributed by atoms with E-state index in [4.69, 9.17) is 4.42 Å². The molecule has 0 bridgehead atoms. The van der Waals surface area contributed by atoms with E-state index in [0.717, 1.165) is 39.0 Å². The van der Waals surface area contributed by atoms with Crippen LogP contribution in [0.15, 0.2) is 174 Å². The van der Waals surface area contributed by atoms with Gasteiger partial charge in [0, 0.05) is 64.9 Å². The molecule has 2 heterocycles. The van der Waals surface area contributed by atoms with Crippen molar-refractivity contribution in [2.24, 2.45) is 0 Å². The topological polar surface area (TPSA) is 16.4 Å². The number of furan rings is 1. The number of hydrogen-bond donors (Lipinski definition) is 0. The van der Waals surface area contributed by atoms with Crippen molar-refractivity contribution in [3.63, 3.8) is 0 Å². The Morgan fingerprint density at radius 3 is 1.68 bits per heavy atom. The van der Waals surface area contributed by atoms with Crippen molar-refractivity contribution in [1.82, 2.24) is 0 Å². The molecule has 56 heavy (non-hydrogen) atoms. The number of thiophene rings is 1. The number of fused-ring (bicyclic) bond motifs is 12. The van der Waals surface area contributed by atoms with Crippen molar-refractivity contribution >= 4 is 70.5 Å². The largest absolute Gasteiger partial charge is 0.456 e. The molecule has 0 saturated heterocycles. The molecular weight excluding hydrogens is 699 g/mol. The quantitative estimate of drug-likeness (QED) is 0.179. The highest BCUT2D eigenvalue weighted by atomic mass is 32.1. The van der Waals surface area contributed by atoms with Crippen LogP contribution in [0.1, 0.15) is 48.6 Å². The lowest BCUT2D eigenvalue weighted by atomic mass is 9.74. The van der Waals surface area contributed by atoms with Crippen molar-refractivity contribution in [2.75, 3.05) is 4.90 Å². The zero-order valence-corrected chi connectivity index (χ0v) is 32.2. The number of rotatable bonds is 4. The molecule has 2 aromatic heterocycles. The third-order valence-electron chi connectivity index (χ3n) is 13.0. The molecule has 0 unspecified atom stereocenters. The Balaban J connectivity index is 1.03. The Bertz CT molecular complexity index is 3220. The van der Waals surface area contributed by atoms with Crippen LogP contribution >= 0.6 is 11.3 Å². The molecule has 8 aromatic carbocycles. The normalized spacial score (nSPS) is 14.6. The third-order valence-corrected chi connectivity index (χ3v) is 14.1. The standard InChI is InChI=1S/C53H37NOS/c1-52(2)44-16-8-4-12-36(44)39-25-21-33(29-47(39)52)54(35-23-27-43-42-15-7-11-19-50(42)56-51(43)31-35)34-22-26-41-40-24-20-32(28-48(40)55-49(41)30-34)53(3)45-17-9-5-13-37(45)38-14-6-10-18-46(38)53/h4-31H,1-3H3. The van der Waals surface area contributed by atoms with Crippen molar-refractivity contribution in [3.05, 3.63) is 198 Å². The average molecular weight is 736 g/mol. The molecule has 0 saturated carbocycles. The lowest BCUT2D eigenvalue weighted by Gasteiger charge is -2.28. The molecule has 12 rings (SSSR count). The van der Waals surface area contributed by atoms with Gasteiger partial charge < -0.3 is 9.32 Å². The minimum atomic E-state index is -0.283. The maximum Gasteiger partial charge on any atom is 0.137 e. The summed E-state index contributed by atoms with van der Waals surface area (Å²) in [5.74, 6) is 0. The molecule has 0 atom stereocenters. The van der Waals surface area contributed by atoms with Gasteiger partial charge in [-0.25, -0.2) is 0 Å². The first kappa shape index (κ1) is 31.9. The van der Waals surface area contributed by atoms with Gasteiger partial charge >= 0.3 is 0 Å². The number of nitrogens with zero attached hydrogens (tertiary/aromatic N) is 1. The van der Waals surface area contributed by atoms with E-state index in [9.17, 15) is 0 Å². The summed E-state index contributed by atoms with van der Waals surface area (Å²) in [4.78, 5) is 2.41. The first-order chi connectivity index (χ1) is 27.4. The zero-order chi connectivity index (χ0) is 37.3. The fraction of sp³-hybridized carbons (Fsp3) is 0.0943. The Morgan fingerprint density at radius 2 is 0.929 bits per heavy atom.